The van der Waals surface area contributed by atoms with Crippen LogP contribution in [0.25, 0.3) is 0 Å². The van der Waals surface area contributed by atoms with Gasteiger partial charge in [0.05, 0.1) is 6.10 Å². The highest BCUT2D eigenvalue weighted by atomic mass is 16.7. The van der Waals surface area contributed by atoms with Gasteiger partial charge in [0, 0.05) is 26.7 Å². The number of fused-ring (bicyclic) bond motifs is 1. The van der Waals surface area contributed by atoms with Gasteiger partial charge in [-0.05, 0) is 34.6 Å². The molecule has 0 N–H and O–H groups in total. The molecular formula is C17H29NO5. The van der Waals surface area contributed by atoms with E-state index in [1.54, 1.807) is 19.1 Å². The molecule has 0 saturated carbocycles. The first-order valence-electron chi connectivity index (χ1n) is 8.00. The lowest BCUT2D eigenvalue weighted by molar-refractivity contribution is -0.224. The number of likely N-dealkylation sites (tertiary alicyclic amines) is 1. The molecule has 0 radical (unpaired) electrons. The van der Waals surface area contributed by atoms with Crippen LogP contribution in [-0.2, 0) is 18.9 Å². The molecule has 0 aromatic rings. The molecule has 6 nitrogen and oxygen atoms in total. The van der Waals surface area contributed by atoms with E-state index < -0.39 is 11.4 Å². The quantitative estimate of drug-likeness (QED) is 0.589. The van der Waals surface area contributed by atoms with Crippen molar-refractivity contribution in [3.05, 3.63) is 11.6 Å². The zero-order chi connectivity index (χ0) is 17.4. The molecule has 2 unspecified atom stereocenters. The molecule has 2 aliphatic rings. The fourth-order valence-corrected chi connectivity index (χ4v) is 3.38. The number of methoxy groups -OCH3 is 2. The van der Waals surface area contributed by atoms with Crippen molar-refractivity contribution in [1.82, 2.24) is 4.90 Å². The lowest BCUT2D eigenvalue weighted by atomic mass is 9.97. The van der Waals surface area contributed by atoms with Crippen molar-refractivity contribution in [2.45, 2.75) is 58.2 Å². The Kier molecular flexibility index (Phi) is 5.09. The highest BCUT2D eigenvalue weighted by molar-refractivity contribution is 5.69. The van der Waals surface area contributed by atoms with Crippen molar-refractivity contribution in [2.24, 2.45) is 5.92 Å². The first-order valence-corrected chi connectivity index (χ1v) is 8.00. The number of allylic oxidation sites excluding steroid dienone is 1. The van der Waals surface area contributed by atoms with Crippen molar-refractivity contribution >= 4 is 6.09 Å². The number of carbonyl (C=O) groups is 1. The summed E-state index contributed by atoms with van der Waals surface area (Å²) in [7, 11) is 3.16. The van der Waals surface area contributed by atoms with E-state index in [2.05, 4.69) is 6.08 Å². The summed E-state index contributed by atoms with van der Waals surface area (Å²) in [5, 5.41) is 0. The van der Waals surface area contributed by atoms with Crippen molar-refractivity contribution in [2.75, 3.05) is 27.4 Å². The van der Waals surface area contributed by atoms with E-state index in [0.29, 0.717) is 13.2 Å². The van der Waals surface area contributed by atoms with Crippen molar-refractivity contribution < 1.29 is 23.7 Å². The molecule has 6 heteroatoms. The van der Waals surface area contributed by atoms with Gasteiger partial charge in [-0.2, -0.15) is 0 Å². The van der Waals surface area contributed by atoms with Gasteiger partial charge in [0.25, 0.3) is 0 Å². The molecule has 2 aliphatic heterocycles. The highest BCUT2D eigenvalue weighted by Gasteiger charge is 2.61. The molecule has 0 bridgehead atoms. The molecule has 0 aliphatic carbocycles. The summed E-state index contributed by atoms with van der Waals surface area (Å²) in [5.74, 6) is -0.851. The largest absolute Gasteiger partial charge is 0.444 e. The normalized spacial score (nSPS) is 29.3. The van der Waals surface area contributed by atoms with Crippen LogP contribution in [0.15, 0.2) is 11.6 Å². The van der Waals surface area contributed by atoms with Crippen LogP contribution in [0.2, 0.25) is 0 Å². The highest BCUT2D eigenvalue weighted by Crippen LogP contribution is 2.42. The van der Waals surface area contributed by atoms with Crippen molar-refractivity contribution in [3.63, 3.8) is 0 Å². The zero-order valence-electron chi connectivity index (χ0n) is 15.2. The fourth-order valence-electron chi connectivity index (χ4n) is 3.38. The van der Waals surface area contributed by atoms with Crippen molar-refractivity contribution in [3.8, 4) is 0 Å². The standard InChI is InChI=1S/C17H29NO5/c1-11(2)8-12-9-18(15(19)23-16(3,4)5)14-13(12)22-10-17(14,20-6)21-7/h8,12-14H,9-10H2,1-7H3/t12-,13?,14?/m1/s1. The number of amides is 1. The molecule has 0 spiro atoms. The van der Waals surface area contributed by atoms with E-state index in [0.717, 1.165) is 0 Å². The topological polar surface area (TPSA) is 57.2 Å². The van der Waals surface area contributed by atoms with Crippen LogP contribution in [0.3, 0.4) is 0 Å². The van der Waals surface area contributed by atoms with Gasteiger partial charge in [-0.3, -0.25) is 4.90 Å². The molecule has 2 saturated heterocycles. The maximum absolute atomic E-state index is 12.7. The molecule has 2 rings (SSSR count). The second kappa shape index (κ2) is 6.42. The third kappa shape index (κ3) is 3.54. The Hall–Kier alpha value is -1.11. The van der Waals surface area contributed by atoms with Crippen LogP contribution < -0.4 is 0 Å². The summed E-state index contributed by atoms with van der Waals surface area (Å²) >= 11 is 0. The monoisotopic (exact) mass is 327 g/mol. The lowest BCUT2D eigenvalue weighted by Gasteiger charge is -2.36. The van der Waals surface area contributed by atoms with Gasteiger partial charge in [-0.1, -0.05) is 11.6 Å². The third-order valence-electron chi connectivity index (χ3n) is 4.27. The van der Waals surface area contributed by atoms with Crippen LogP contribution in [0.5, 0.6) is 0 Å². The summed E-state index contributed by atoms with van der Waals surface area (Å²) < 4.78 is 22.7. The molecule has 0 aromatic heterocycles. The van der Waals surface area contributed by atoms with E-state index in [1.165, 1.54) is 5.57 Å². The second-order valence-corrected chi connectivity index (χ2v) is 7.48. The van der Waals surface area contributed by atoms with E-state index in [-0.39, 0.29) is 24.2 Å². The van der Waals surface area contributed by atoms with Gasteiger partial charge < -0.3 is 18.9 Å². The first kappa shape index (κ1) is 18.2. The van der Waals surface area contributed by atoms with Crippen molar-refractivity contribution in [1.29, 1.82) is 0 Å². The lowest BCUT2D eigenvalue weighted by Crippen LogP contribution is -2.55. The predicted octanol–water partition coefficient (Wildman–Crippen LogP) is 2.58. The number of rotatable bonds is 3. The minimum absolute atomic E-state index is 0.102. The molecule has 2 heterocycles. The minimum atomic E-state index is -0.953. The van der Waals surface area contributed by atoms with Crippen LogP contribution >= 0.6 is 0 Å². The Morgan fingerprint density at radius 1 is 1.26 bits per heavy atom. The zero-order valence-corrected chi connectivity index (χ0v) is 15.2. The molecule has 132 valence electrons. The fraction of sp³-hybridized carbons (Fsp3) is 0.824. The predicted molar refractivity (Wildman–Crippen MR) is 86.1 cm³/mol. The van der Waals surface area contributed by atoms with Gasteiger partial charge in [0.1, 0.15) is 18.2 Å². The molecule has 2 fully saturated rings. The minimum Gasteiger partial charge on any atom is -0.444 e. The smallest absolute Gasteiger partial charge is 0.410 e. The Labute approximate surface area is 138 Å². The molecule has 23 heavy (non-hydrogen) atoms. The van der Waals surface area contributed by atoms with Gasteiger partial charge >= 0.3 is 6.09 Å². The average Bonchev–Trinajstić information content (AvgIpc) is 2.96. The van der Waals surface area contributed by atoms with Crippen LogP contribution in [-0.4, -0.2) is 61.9 Å². The summed E-state index contributed by atoms with van der Waals surface area (Å²) in [6.45, 7) is 10.5. The number of hydrogen-bond donors (Lipinski definition) is 0. The van der Waals surface area contributed by atoms with Crippen LogP contribution in [0.1, 0.15) is 34.6 Å². The summed E-state index contributed by atoms with van der Waals surface area (Å²) in [4.78, 5) is 14.4. The first-order chi connectivity index (χ1) is 10.6. The van der Waals surface area contributed by atoms with Crippen LogP contribution in [0, 0.1) is 5.92 Å². The van der Waals surface area contributed by atoms with E-state index >= 15 is 0 Å². The van der Waals surface area contributed by atoms with Crippen LogP contribution in [0.4, 0.5) is 4.79 Å². The average molecular weight is 327 g/mol. The van der Waals surface area contributed by atoms with Gasteiger partial charge in [-0.15, -0.1) is 0 Å². The Morgan fingerprint density at radius 3 is 2.35 bits per heavy atom. The molecule has 3 atom stereocenters. The molecule has 1 amide bonds. The SMILES string of the molecule is COC1(OC)COC2C1N(C(=O)OC(C)(C)C)C[C@H]2C=C(C)C. The second-order valence-electron chi connectivity index (χ2n) is 7.48. The maximum atomic E-state index is 12.7. The molecular weight excluding hydrogens is 298 g/mol. The number of ether oxygens (including phenoxy) is 4. The Balaban J connectivity index is 2.32. The van der Waals surface area contributed by atoms with Gasteiger partial charge in [0.15, 0.2) is 0 Å². The van der Waals surface area contributed by atoms with E-state index in [1.807, 2.05) is 34.6 Å². The number of nitrogens with zero attached hydrogens (tertiary/aromatic N) is 1. The number of carbonyl (C=O) groups excluding carboxylic acids is 1. The third-order valence-corrected chi connectivity index (χ3v) is 4.27. The summed E-state index contributed by atoms with van der Waals surface area (Å²) in [5.41, 5.74) is 0.638. The maximum Gasteiger partial charge on any atom is 0.410 e. The van der Waals surface area contributed by atoms with E-state index in [9.17, 15) is 4.79 Å². The Morgan fingerprint density at radius 2 is 1.87 bits per heavy atom. The Bertz CT molecular complexity index is 474. The van der Waals surface area contributed by atoms with E-state index in [4.69, 9.17) is 18.9 Å². The molecule has 0 aromatic carbocycles. The summed E-state index contributed by atoms with van der Waals surface area (Å²) in [6.07, 6.45) is 1.63. The number of hydrogen-bond acceptors (Lipinski definition) is 5. The van der Waals surface area contributed by atoms with Gasteiger partial charge in [0.2, 0.25) is 5.79 Å². The summed E-state index contributed by atoms with van der Waals surface area (Å²) in [6, 6.07) is -0.326. The van der Waals surface area contributed by atoms with Gasteiger partial charge in [-0.25, -0.2) is 4.79 Å².